The number of allylic oxidation sites excluding steroid dienone is 4. The summed E-state index contributed by atoms with van der Waals surface area (Å²) in [5.74, 6) is 2.15. The third-order valence-electron chi connectivity index (χ3n) is 4.39. The topological polar surface area (TPSA) is 3.24 Å². The van der Waals surface area contributed by atoms with Gasteiger partial charge in [-0.15, -0.1) is 0 Å². The van der Waals surface area contributed by atoms with E-state index < -0.39 is 0 Å². The summed E-state index contributed by atoms with van der Waals surface area (Å²) < 4.78 is 0. The minimum atomic E-state index is 0.608. The first kappa shape index (κ1) is 12.5. The molecule has 0 radical (unpaired) electrons. The van der Waals surface area contributed by atoms with Crippen LogP contribution in [-0.4, -0.2) is 11.4 Å². The maximum absolute atomic E-state index is 4.26. The average Bonchev–Trinajstić information content (AvgIpc) is 2.26. The maximum atomic E-state index is 4.26. The zero-order valence-electron chi connectivity index (χ0n) is 11.9. The predicted molar refractivity (Wildman–Crippen MR) is 74.4 cm³/mol. The van der Waals surface area contributed by atoms with Gasteiger partial charge in [-0.2, -0.15) is 0 Å². The molecule has 94 valence electrons. The van der Waals surface area contributed by atoms with Crippen molar-refractivity contribution in [3.8, 4) is 0 Å². The molecule has 0 aromatic rings. The molecule has 1 saturated heterocycles. The summed E-state index contributed by atoms with van der Waals surface area (Å²) in [4.78, 5) is 2.47. The Hall–Kier alpha value is -0.980. The van der Waals surface area contributed by atoms with Crippen molar-refractivity contribution in [2.45, 2.75) is 41.0 Å². The first-order chi connectivity index (χ1) is 7.91. The quantitative estimate of drug-likeness (QED) is 0.648. The fraction of sp³-hybridized carbons (Fsp3) is 0.625. The van der Waals surface area contributed by atoms with Gasteiger partial charge in [0.2, 0.25) is 0 Å². The van der Waals surface area contributed by atoms with E-state index in [9.17, 15) is 0 Å². The van der Waals surface area contributed by atoms with Crippen molar-refractivity contribution in [3.63, 3.8) is 0 Å². The Labute approximate surface area is 106 Å². The molecule has 2 aliphatic rings. The van der Waals surface area contributed by atoms with E-state index in [1.165, 1.54) is 29.0 Å². The summed E-state index contributed by atoms with van der Waals surface area (Å²) >= 11 is 0. The van der Waals surface area contributed by atoms with Gasteiger partial charge in [-0.25, -0.2) is 0 Å². The van der Waals surface area contributed by atoms with Gasteiger partial charge in [-0.05, 0) is 42.2 Å². The fourth-order valence-electron chi connectivity index (χ4n) is 2.85. The first-order valence-electron chi connectivity index (χ1n) is 6.80. The van der Waals surface area contributed by atoms with Crippen LogP contribution >= 0.6 is 0 Å². The molecule has 2 rings (SSSR count). The fourth-order valence-corrected chi connectivity index (χ4v) is 2.85. The normalized spacial score (nSPS) is 29.6. The Morgan fingerprint density at radius 3 is 2.53 bits per heavy atom. The molecule has 17 heavy (non-hydrogen) atoms. The highest BCUT2D eigenvalue weighted by atomic mass is 15.2. The van der Waals surface area contributed by atoms with Crippen LogP contribution in [0.1, 0.15) is 41.0 Å². The smallest absolute Gasteiger partial charge is 0.0365 e. The molecule has 0 aromatic heterocycles. The molecule has 2 unspecified atom stereocenters. The molecular formula is C16H25N. The van der Waals surface area contributed by atoms with Gasteiger partial charge in [0.25, 0.3) is 0 Å². The molecule has 2 aliphatic heterocycles. The van der Waals surface area contributed by atoms with Gasteiger partial charge in [0.1, 0.15) is 0 Å². The summed E-state index contributed by atoms with van der Waals surface area (Å²) in [6.45, 7) is 16.9. The van der Waals surface area contributed by atoms with E-state index in [0.717, 1.165) is 18.4 Å². The highest BCUT2D eigenvalue weighted by molar-refractivity contribution is 5.44. The van der Waals surface area contributed by atoms with Crippen LogP contribution in [0.15, 0.2) is 35.2 Å². The largest absolute Gasteiger partial charge is 0.345 e. The highest BCUT2D eigenvalue weighted by Crippen LogP contribution is 2.40. The Balaban J connectivity index is 2.45. The number of fused-ring (bicyclic) bond motifs is 1. The van der Waals surface area contributed by atoms with E-state index >= 15 is 0 Å². The number of nitrogens with zero attached hydrogens (tertiary/aromatic N) is 1. The first-order valence-corrected chi connectivity index (χ1v) is 6.80. The van der Waals surface area contributed by atoms with Crippen molar-refractivity contribution < 1.29 is 0 Å². The van der Waals surface area contributed by atoms with Crippen LogP contribution in [0.2, 0.25) is 0 Å². The van der Waals surface area contributed by atoms with Crippen molar-refractivity contribution in [1.29, 1.82) is 0 Å². The van der Waals surface area contributed by atoms with Crippen LogP contribution in [0.25, 0.3) is 0 Å². The summed E-state index contributed by atoms with van der Waals surface area (Å²) in [6, 6.07) is 0. The van der Waals surface area contributed by atoms with E-state index in [1.54, 1.807) is 0 Å². The Bertz CT molecular complexity index is 398. The Morgan fingerprint density at radius 1 is 1.29 bits per heavy atom. The second-order valence-electron chi connectivity index (χ2n) is 6.10. The summed E-state index contributed by atoms with van der Waals surface area (Å²) in [5, 5.41) is 0. The van der Waals surface area contributed by atoms with Crippen LogP contribution in [0.3, 0.4) is 0 Å². The van der Waals surface area contributed by atoms with Gasteiger partial charge < -0.3 is 4.90 Å². The number of rotatable bonds is 1. The molecule has 0 saturated carbocycles. The van der Waals surface area contributed by atoms with Gasteiger partial charge in [0.15, 0.2) is 0 Å². The molecule has 0 aliphatic carbocycles. The van der Waals surface area contributed by atoms with E-state index in [2.05, 4.69) is 52.2 Å². The molecule has 1 heteroatoms. The second kappa shape index (κ2) is 4.36. The molecule has 1 nitrogen and oxygen atoms in total. The molecule has 0 aromatic carbocycles. The van der Waals surface area contributed by atoms with E-state index in [1.807, 2.05) is 0 Å². The third kappa shape index (κ3) is 2.08. The van der Waals surface area contributed by atoms with Crippen LogP contribution in [0, 0.1) is 17.8 Å². The van der Waals surface area contributed by atoms with E-state index in [-0.39, 0.29) is 0 Å². The zero-order valence-corrected chi connectivity index (χ0v) is 11.9. The molecule has 2 atom stereocenters. The highest BCUT2D eigenvalue weighted by Gasteiger charge is 2.32. The average molecular weight is 231 g/mol. The Morgan fingerprint density at radius 2 is 1.94 bits per heavy atom. The lowest BCUT2D eigenvalue weighted by Gasteiger charge is -2.44. The van der Waals surface area contributed by atoms with E-state index in [0.29, 0.717) is 5.92 Å². The molecular weight excluding hydrogens is 206 g/mol. The molecule has 0 amide bonds. The minimum absolute atomic E-state index is 0.608. The lowest BCUT2D eigenvalue weighted by molar-refractivity contribution is 0.217. The van der Waals surface area contributed by atoms with E-state index in [4.69, 9.17) is 0 Å². The number of piperidine rings is 1. The summed E-state index contributed by atoms with van der Waals surface area (Å²) in [5.41, 5.74) is 5.59. The number of hydrogen-bond acceptors (Lipinski definition) is 1. The molecule has 1 fully saturated rings. The lowest BCUT2D eigenvalue weighted by Crippen LogP contribution is -2.38. The van der Waals surface area contributed by atoms with Crippen molar-refractivity contribution in [3.05, 3.63) is 35.2 Å². The Kier molecular flexibility index (Phi) is 3.20. The van der Waals surface area contributed by atoms with Crippen LogP contribution in [0.4, 0.5) is 0 Å². The van der Waals surface area contributed by atoms with Crippen molar-refractivity contribution in [2.75, 3.05) is 6.54 Å². The lowest BCUT2D eigenvalue weighted by atomic mass is 9.81. The van der Waals surface area contributed by atoms with Gasteiger partial charge in [0, 0.05) is 17.9 Å². The molecule has 0 spiro atoms. The minimum Gasteiger partial charge on any atom is -0.345 e. The second-order valence-corrected chi connectivity index (χ2v) is 6.10. The van der Waals surface area contributed by atoms with Crippen molar-refractivity contribution >= 4 is 0 Å². The molecule has 0 bridgehead atoms. The maximum Gasteiger partial charge on any atom is 0.0365 e. The van der Waals surface area contributed by atoms with Crippen LogP contribution in [-0.2, 0) is 0 Å². The third-order valence-corrected chi connectivity index (χ3v) is 4.39. The van der Waals surface area contributed by atoms with Gasteiger partial charge in [-0.3, -0.25) is 0 Å². The van der Waals surface area contributed by atoms with Crippen LogP contribution < -0.4 is 0 Å². The zero-order chi connectivity index (χ0) is 12.7. The number of hydrogen-bond donors (Lipinski definition) is 0. The van der Waals surface area contributed by atoms with Gasteiger partial charge in [0.05, 0.1) is 0 Å². The van der Waals surface area contributed by atoms with Crippen molar-refractivity contribution in [2.24, 2.45) is 17.8 Å². The standard InChI is InChI=1S/C16H25N/c1-10(2)15-7-12(4)14(6)17-9-13(5)11(3)8-16(15)17/h7,10-11,13H,6,8-9H2,1-5H3. The van der Waals surface area contributed by atoms with Crippen LogP contribution in [0.5, 0.6) is 0 Å². The van der Waals surface area contributed by atoms with Gasteiger partial charge >= 0.3 is 0 Å². The SMILES string of the molecule is C=C1C(C)=CC(C(C)C)=C2CC(C)C(C)CN12. The monoisotopic (exact) mass is 231 g/mol. The van der Waals surface area contributed by atoms with Gasteiger partial charge in [-0.1, -0.05) is 40.3 Å². The summed E-state index contributed by atoms with van der Waals surface area (Å²) in [6.07, 6.45) is 3.55. The van der Waals surface area contributed by atoms with Crippen molar-refractivity contribution in [1.82, 2.24) is 4.90 Å². The molecule has 0 N–H and O–H groups in total. The summed E-state index contributed by atoms with van der Waals surface area (Å²) in [7, 11) is 0. The molecule has 2 heterocycles. The predicted octanol–water partition coefficient (Wildman–Crippen LogP) is 4.35.